The van der Waals surface area contributed by atoms with Gasteiger partial charge in [0.15, 0.2) is 23.6 Å². The number of nitrogens with one attached hydrogen (secondary N) is 3. The smallest absolute Gasteiger partial charge is 0.412 e. The lowest BCUT2D eigenvalue weighted by Crippen LogP contribution is -2.82. The number of ketones is 1. The number of aliphatic hydroxyl groups is 4. The molecule has 5 aromatic carbocycles. The number of Topliss-reactive ketones (excluding diaryl/α,β-unsaturated/α-hetero) is 1. The van der Waals surface area contributed by atoms with Crippen LogP contribution in [0.3, 0.4) is 0 Å². The SMILES string of the molecule is C=C1/C(=C\C=C2/CCC[C@@]3(C)C2CCC3[C@@H](C)/C=C/C(O)C2CC2)C[C@@H](O)C[C@@H]1OC(=O)Nc1ccc(Cc2ccc(NC(=O)OC3CC4OCC4(OC(C)=O)C4C(OC(=O)c5ccccc5)C5(O)CC(OC(=O)C(O)C(NC(=O)c6ccccc6)c6ccccc6)C(C)=C(C(OC(C)=O)C(=O)C34C)C5(C)C)cc2)cc1. The Morgan fingerprint density at radius 3 is 1.91 bits per heavy atom. The van der Waals surface area contributed by atoms with Crippen LogP contribution in [0.4, 0.5) is 21.0 Å². The molecule has 111 heavy (non-hydrogen) atoms. The summed E-state index contributed by atoms with van der Waals surface area (Å²) >= 11 is 0. The van der Waals surface area contributed by atoms with Gasteiger partial charge in [-0.25, -0.2) is 19.2 Å². The van der Waals surface area contributed by atoms with Gasteiger partial charge >= 0.3 is 36.1 Å². The molecule has 14 unspecified atom stereocenters. The first-order chi connectivity index (χ1) is 52.9. The molecule has 8 aliphatic rings. The van der Waals surface area contributed by atoms with Gasteiger partial charge in [0.25, 0.3) is 5.91 Å². The highest BCUT2D eigenvalue weighted by molar-refractivity contribution is 5.97. The molecular weight excluding hydrogens is 1410 g/mol. The zero-order chi connectivity index (χ0) is 79.1. The summed E-state index contributed by atoms with van der Waals surface area (Å²) in [6.07, 6.45) is 2.40. The highest BCUT2D eigenvalue weighted by atomic mass is 16.6. The van der Waals surface area contributed by atoms with Crippen LogP contribution in [0.15, 0.2) is 198 Å². The zero-order valence-electron chi connectivity index (χ0n) is 64.1. The molecule has 1 heterocycles. The summed E-state index contributed by atoms with van der Waals surface area (Å²) in [5.41, 5.74) is -2.39. The van der Waals surface area contributed by atoms with Crippen molar-refractivity contribution in [3.05, 3.63) is 226 Å². The van der Waals surface area contributed by atoms with Gasteiger partial charge in [-0.15, -0.1) is 0 Å². The van der Waals surface area contributed by atoms with Crippen LogP contribution in [-0.4, -0.2) is 141 Å². The Morgan fingerprint density at radius 1 is 0.703 bits per heavy atom. The van der Waals surface area contributed by atoms with Crippen molar-refractivity contribution >= 4 is 59.1 Å². The molecule has 0 aromatic heterocycles. The van der Waals surface area contributed by atoms with E-state index in [0.29, 0.717) is 53.3 Å². The molecule has 0 spiro atoms. The minimum atomic E-state index is -2.54. The van der Waals surface area contributed by atoms with Crippen LogP contribution in [0.5, 0.6) is 0 Å². The Hall–Kier alpha value is -9.84. The summed E-state index contributed by atoms with van der Waals surface area (Å²) in [5, 5.41) is 56.4. The van der Waals surface area contributed by atoms with Crippen LogP contribution in [0.1, 0.15) is 169 Å². The van der Waals surface area contributed by atoms with Crippen molar-refractivity contribution in [2.75, 3.05) is 17.2 Å². The number of aliphatic hydroxyl groups excluding tert-OH is 3. The van der Waals surface area contributed by atoms with Crippen LogP contribution in [-0.2, 0) is 58.8 Å². The highest BCUT2D eigenvalue weighted by Crippen LogP contribution is 2.66. The molecule has 13 rings (SSSR count). The number of anilines is 2. The number of esters is 4. The van der Waals surface area contributed by atoms with E-state index < -0.39 is 144 Å². The van der Waals surface area contributed by atoms with Crippen LogP contribution < -0.4 is 16.0 Å². The third kappa shape index (κ3) is 15.9. The van der Waals surface area contributed by atoms with E-state index >= 15 is 4.79 Å². The molecule has 7 aliphatic carbocycles. The Bertz CT molecular complexity index is 4500. The van der Waals surface area contributed by atoms with Gasteiger partial charge in [0, 0.05) is 55.5 Å². The summed E-state index contributed by atoms with van der Waals surface area (Å²) in [4.78, 5) is 116. The molecule has 7 N–H and O–H groups in total. The Balaban J connectivity index is 0.713. The van der Waals surface area contributed by atoms with E-state index in [4.69, 9.17) is 33.2 Å². The molecule has 22 heteroatoms. The lowest BCUT2D eigenvalue weighted by Gasteiger charge is -2.67. The number of rotatable bonds is 21. The molecule has 6 saturated carbocycles. The maximum Gasteiger partial charge on any atom is 0.412 e. The van der Waals surface area contributed by atoms with Gasteiger partial charge in [-0.3, -0.25) is 29.8 Å². The van der Waals surface area contributed by atoms with Crippen LogP contribution in [0.2, 0.25) is 0 Å². The van der Waals surface area contributed by atoms with Crippen LogP contribution in [0, 0.1) is 45.8 Å². The number of amides is 3. The zero-order valence-corrected chi connectivity index (χ0v) is 64.1. The van der Waals surface area contributed by atoms with Crippen molar-refractivity contribution < 1.29 is 91.9 Å². The van der Waals surface area contributed by atoms with Crippen molar-refractivity contribution in [3.8, 4) is 0 Å². The quantitative estimate of drug-likeness (QED) is 0.0204. The van der Waals surface area contributed by atoms with E-state index in [9.17, 15) is 54.0 Å². The van der Waals surface area contributed by atoms with E-state index in [1.165, 1.54) is 38.0 Å². The maximum absolute atomic E-state index is 16.6. The fourth-order valence-electron chi connectivity index (χ4n) is 19.3. The Morgan fingerprint density at radius 2 is 1.32 bits per heavy atom. The number of hydrogen-bond donors (Lipinski definition) is 7. The predicted molar refractivity (Wildman–Crippen MR) is 411 cm³/mol. The van der Waals surface area contributed by atoms with E-state index in [-0.39, 0.29) is 52.3 Å². The van der Waals surface area contributed by atoms with E-state index in [2.05, 4.69) is 54.6 Å². The van der Waals surface area contributed by atoms with Crippen LogP contribution in [0.25, 0.3) is 0 Å². The monoisotopic (exact) mass is 1520 g/mol. The van der Waals surface area contributed by atoms with E-state index in [1.54, 1.807) is 129 Å². The fourth-order valence-corrected chi connectivity index (χ4v) is 19.3. The van der Waals surface area contributed by atoms with Crippen molar-refractivity contribution in [2.24, 2.45) is 45.8 Å². The Labute approximate surface area is 647 Å². The van der Waals surface area contributed by atoms with Crippen molar-refractivity contribution in [1.82, 2.24) is 5.32 Å². The third-order valence-corrected chi connectivity index (χ3v) is 25.4. The molecule has 22 nitrogen and oxygen atoms in total. The summed E-state index contributed by atoms with van der Waals surface area (Å²) < 4.78 is 43.9. The molecule has 0 radical (unpaired) electrons. The molecule has 7 fully saturated rings. The first kappa shape index (κ1) is 79.3. The van der Waals surface area contributed by atoms with E-state index in [1.807, 2.05) is 18.2 Å². The molecule has 5 aromatic rings. The summed E-state index contributed by atoms with van der Waals surface area (Å²) in [6, 6.07) is 36.8. The number of ether oxygens (including phenoxy) is 7. The number of carbonyl (C=O) groups is 8. The second kappa shape index (κ2) is 32.1. The fraction of sp³-hybridized carbons (Fsp3) is 0.461. The first-order valence-electron chi connectivity index (χ1n) is 38.7. The van der Waals surface area contributed by atoms with Crippen LogP contribution >= 0.6 is 0 Å². The van der Waals surface area contributed by atoms with Crippen molar-refractivity contribution in [2.45, 2.75) is 205 Å². The minimum Gasteiger partial charge on any atom is -0.456 e. The highest BCUT2D eigenvalue weighted by Gasteiger charge is 2.79. The predicted octanol–water partition coefficient (Wildman–Crippen LogP) is 13.2. The van der Waals surface area contributed by atoms with Gasteiger partial charge in [-0.05, 0) is 188 Å². The largest absolute Gasteiger partial charge is 0.456 e. The number of benzene rings is 5. The lowest BCUT2D eigenvalue weighted by atomic mass is 9.44. The average Bonchev–Trinajstić information content (AvgIpc) is 0.989. The molecule has 3 amide bonds. The molecule has 586 valence electrons. The van der Waals surface area contributed by atoms with Gasteiger partial charge < -0.3 is 58.9 Å². The number of hydrogen-bond acceptors (Lipinski definition) is 19. The molecule has 1 saturated heterocycles. The van der Waals surface area contributed by atoms with Gasteiger partial charge in [0.2, 0.25) is 0 Å². The second-order valence-corrected chi connectivity index (χ2v) is 32.7. The number of fused-ring (bicyclic) bond motifs is 6. The Kier molecular flexibility index (Phi) is 22.9. The minimum absolute atomic E-state index is 0.00807. The molecular formula is C89H101N3O19. The van der Waals surface area contributed by atoms with Gasteiger partial charge in [-0.2, -0.15) is 0 Å². The summed E-state index contributed by atoms with van der Waals surface area (Å²) in [6.45, 7) is 16.9. The lowest BCUT2D eigenvalue weighted by molar-refractivity contribution is -0.345. The van der Waals surface area contributed by atoms with Crippen molar-refractivity contribution in [3.63, 3.8) is 0 Å². The van der Waals surface area contributed by atoms with Gasteiger partial charge in [-0.1, -0.05) is 155 Å². The normalized spacial score (nSPS) is 31.1. The molecule has 18 atom stereocenters. The molecule has 1 aliphatic heterocycles. The second-order valence-electron chi connectivity index (χ2n) is 32.7. The number of carbonyl (C=O) groups excluding carboxylic acids is 8. The van der Waals surface area contributed by atoms with Crippen molar-refractivity contribution in [1.29, 1.82) is 0 Å². The first-order valence-corrected chi connectivity index (χ1v) is 38.7. The third-order valence-electron chi connectivity index (χ3n) is 25.4. The average molecular weight is 1520 g/mol. The molecule has 2 bridgehead atoms. The van der Waals surface area contributed by atoms with E-state index in [0.717, 1.165) is 69.1 Å². The van der Waals surface area contributed by atoms with Gasteiger partial charge in [0.1, 0.15) is 36.1 Å². The number of allylic oxidation sites excluding steroid dienone is 4. The summed E-state index contributed by atoms with van der Waals surface area (Å²) in [7, 11) is 0. The van der Waals surface area contributed by atoms with Gasteiger partial charge in [0.05, 0.1) is 41.8 Å². The summed E-state index contributed by atoms with van der Waals surface area (Å²) in [5.74, 6) is -5.63. The maximum atomic E-state index is 16.6. The topological polar surface area (TPSA) is 318 Å². The standard InChI is InChI=1S/C89H101N3O19/c1-50(27-42-68(96)58-33-34-58)66-40-41-67-57(26-19-43-86(66,67)8)32-35-62-45-65(95)46-69(51(62)2)108-83(102)90-63-36-28-55(29-37-63)44-56-30-38-64(39-31-56)91-84(103)109-71-47-72-88(49-105-72,111-54(5)94)77-79(110-81(100)61-24-17-12-18-25-61)89(104)48-70(52(3)73(85(89,6)7)76(106-53(4)93)78(98)87(71,77)9)107-82(101)75(97)74(59-20-13-10-14-21-59)92-80(99)60-22-15-11-16-23-60/h10-18,20-25,27-32,35-39,42,50,58,65-72,74-77,79,95-97,104H,2,19,26,33-34,40-41,43-49H2,1,3-9H3,(H,90,102)(H,91,103)(H,92,99)/b42-27+,57-32+,62-35-/t50-,65+,66?,67?,68?,69-,70?,71?,72?,74?,75?,76?,77?,79?,86+,87?,88?,89?/m0/s1.